The van der Waals surface area contributed by atoms with Crippen molar-refractivity contribution in [3.05, 3.63) is 53.9 Å². The zero-order valence-electron chi connectivity index (χ0n) is 9.46. The standard InChI is InChI=1S/C14H12N2O/c1-10(17)13-6-7-16-9-14(13)12-4-2-11(8-15)3-5-12/h2-7,9-10,17H,1H3/t10-/m0/s1. The van der Waals surface area contributed by atoms with Gasteiger partial charge >= 0.3 is 0 Å². The summed E-state index contributed by atoms with van der Waals surface area (Å²) in [5.74, 6) is 0. The molecule has 3 heteroatoms. The molecular weight excluding hydrogens is 212 g/mol. The molecule has 0 aliphatic rings. The zero-order chi connectivity index (χ0) is 12.3. The second-order valence-corrected chi connectivity index (χ2v) is 3.83. The van der Waals surface area contributed by atoms with Crippen molar-refractivity contribution in [2.75, 3.05) is 0 Å². The molecule has 0 unspecified atom stereocenters. The van der Waals surface area contributed by atoms with Gasteiger partial charge in [0.25, 0.3) is 0 Å². The van der Waals surface area contributed by atoms with E-state index in [-0.39, 0.29) is 0 Å². The average Bonchev–Trinajstić information content (AvgIpc) is 2.39. The van der Waals surface area contributed by atoms with Gasteiger partial charge in [0.2, 0.25) is 0 Å². The number of benzene rings is 1. The van der Waals surface area contributed by atoms with Crippen molar-refractivity contribution < 1.29 is 5.11 Å². The maximum Gasteiger partial charge on any atom is 0.0991 e. The van der Waals surface area contributed by atoms with Crippen LogP contribution in [0, 0.1) is 11.3 Å². The first-order chi connectivity index (χ1) is 8.22. The monoisotopic (exact) mass is 224 g/mol. The summed E-state index contributed by atoms with van der Waals surface area (Å²) >= 11 is 0. The molecule has 1 aromatic carbocycles. The van der Waals surface area contributed by atoms with Crippen molar-refractivity contribution in [3.8, 4) is 17.2 Å². The van der Waals surface area contributed by atoms with Crippen LogP contribution < -0.4 is 0 Å². The third kappa shape index (κ3) is 2.32. The number of pyridine rings is 1. The van der Waals surface area contributed by atoms with E-state index in [4.69, 9.17) is 5.26 Å². The van der Waals surface area contributed by atoms with Gasteiger partial charge in [0.1, 0.15) is 0 Å². The third-order valence-electron chi connectivity index (χ3n) is 2.63. The van der Waals surface area contributed by atoms with Crippen LogP contribution in [0.15, 0.2) is 42.7 Å². The van der Waals surface area contributed by atoms with Gasteiger partial charge in [-0.2, -0.15) is 5.26 Å². The number of hydrogen-bond donors (Lipinski definition) is 1. The van der Waals surface area contributed by atoms with Crippen LogP contribution in [0.3, 0.4) is 0 Å². The smallest absolute Gasteiger partial charge is 0.0991 e. The molecule has 2 rings (SSSR count). The fourth-order valence-corrected chi connectivity index (χ4v) is 1.74. The second kappa shape index (κ2) is 4.77. The van der Waals surface area contributed by atoms with Crippen LogP contribution in [0.2, 0.25) is 0 Å². The van der Waals surface area contributed by atoms with Crippen LogP contribution >= 0.6 is 0 Å². The number of aliphatic hydroxyl groups is 1. The maximum absolute atomic E-state index is 9.69. The minimum absolute atomic E-state index is 0.538. The summed E-state index contributed by atoms with van der Waals surface area (Å²) in [6, 6.07) is 11.1. The third-order valence-corrected chi connectivity index (χ3v) is 2.63. The molecule has 0 aliphatic heterocycles. The highest BCUT2D eigenvalue weighted by atomic mass is 16.3. The van der Waals surface area contributed by atoms with E-state index in [0.717, 1.165) is 16.7 Å². The van der Waals surface area contributed by atoms with Gasteiger partial charge in [-0.25, -0.2) is 0 Å². The highest BCUT2D eigenvalue weighted by Crippen LogP contribution is 2.27. The van der Waals surface area contributed by atoms with Gasteiger partial charge in [0.05, 0.1) is 17.7 Å². The van der Waals surface area contributed by atoms with Crippen LogP contribution in [0.5, 0.6) is 0 Å². The fourth-order valence-electron chi connectivity index (χ4n) is 1.74. The summed E-state index contributed by atoms with van der Waals surface area (Å²) in [4.78, 5) is 4.07. The molecule has 0 saturated carbocycles. The Hall–Kier alpha value is -2.18. The molecule has 1 heterocycles. The molecule has 0 spiro atoms. The van der Waals surface area contributed by atoms with Gasteiger partial charge in [0, 0.05) is 18.0 Å². The Balaban J connectivity index is 2.49. The number of rotatable bonds is 2. The normalized spacial score (nSPS) is 11.8. The Bertz CT molecular complexity index is 553. The molecule has 0 saturated heterocycles. The predicted octanol–water partition coefficient (Wildman–Crippen LogP) is 2.67. The Morgan fingerprint density at radius 2 is 1.94 bits per heavy atom. The topological polar surface area (TPSA) is 56.9 Å². The predicted molar refractivity (Wildman–Crippen MR) is 65.0 cm³/mol. The van der Waals surface area contributed by atoms with E-state index < -0.39 is 6.10 Å². The van der Waals surface area contributed by atoms with E-state index in [1.807, 2.05) is 12.1 Å². The van der Waals surface area contributed by atoms with Crippen LogP contribution in [0.4, 0.5) is 0 Å². The van der Waals surface area contributed by atoms with Gasteiger partial charge < -0.3 is 5.11 Å². The van der Waals surface area contributed by atoms with Crippen LogP contribution in [-0.4, -0.2) is 10.1 Å². The molecule has 1 atom stereocenters. The molecule has 3 nitrogen and oxygen atoms in total. The number of aliphatic hydroxyl groups excluding tert-OH is 1. The van der Waals surface area contributed by atoms with E-state index in [1.165, 1.54) is 0 Å². The van der Waals surface area contributed by atoms with Gasteiger partial charge in [-0.1, -0.05) is 12.1 Å². The van der Waals surface area contributed by atoms with Crippen LogP contribution in [-0.2, 0) is 0 Å². The lowest BCUT2D eigenvalue weighted by Gasteiger charge is -2.11. The highest BCUT2D eigenvalue weighted by Gasteiger charge is 2.09. The number of hydrogen-bond acceptors (Lipinski definition) is 3. The molecule has 0 bridgehead atoms. The van der Waals surface area contributed by atoms with Crippen molar-refractivity contribution in [2.24, 2.45) is 0 Å². The molecule has 1 aromatic heterocycles. The summed E-state index contributed by atoms with van der Waals surface area (Å²) in [7, 11) is 0. The quantitative estimate of drug-likeness (QED) is 0.853. The number of nitriles is 1. The lowest BCUT2D eigenvalue weighted by molar-refractivity contribution is 0.200. The lowest BCUT2D eigenvalue weighted by atomic mass is 9.98. The Morgan fingerprint density at radius 3 is 2.53 bits per heavy atom. The molecule has 0 aliphatic carbocycles. The average molecular weight is 224 g/mol. The Morgan fingerprint density at radius 1 is 1.24 bits per heavy atom. The highest BCUT2D eigenvalue weighted by molar-refractivity contribution is 5.67. The van der Waals surface area contributed by atoms with Crippen LogP contribution in [0.1, 0.15) is 24.2 Å². The van der Waals surface area contributed by atoms with Gasteiger partial charge in [-0.15, -0.1) is 0 Å². The van der Waals surface area contributed by atoms with E-state index >= 15 is 0 Å². The first-order valence-electron chi connectivity index (χ1n) is 5.35. The molecule has 2 aromatic rings. The van der Waals surface area contributed by atoms with E-state index in [1.54, 1.807) is 37.5 Å². The summed E-state index contributed by atoms with van der Waals surface area (Å²) < 4.78 is 0. The molecule has 0 amide bonds. The van der Waals surface area contributed by atoms with Crippen LogP contribution in [0.25, 0.3) is 11.1 Å². The first kappa shape index (κ1) is 11.3. The minimum Gasteiger partial charge on any atom is -0.389 e. The SMILES string of the molecule is C[C@H](O)c1ccncc1-c1ccc(C#N)cc1. The van der Waals surface area contributed by atoms with E-state index in [2.05, 4.69) is 11.1 Å². The van der Waals surface area contributed by atoms with E-state index in [9.17, 15) is 5.11 Å². The van der Waals surface area contributed by atoms with Crippen molar-refractivity contribution >= 4 is 0 Å². The lowest BCUT2D eigenvalue weighted by Crippen LogP contribution is -1.95. The van der Waals surface area contributed by atoms with Crippen molar-refractivity contribution in [1.82, 2.24) is 4.98 Å². The van der Waals surface area contributed by atoms with Crippen molar-refractivity contribution in [3.63, 3.8) is 0 Å². The maximum atomic E-state index is 9.69. The Kier molecular flexibility index (Phi) is 3.17. The van der Waals surface area contributed by atoms with E-state index in [0.29, 0.717) is 5.56 Å². The van der Waals surface area contributed by atoms with Gasteiger partial charge in [0.15, 0.2) is 0 Å². The molecule has 0 radical (unpaired) electrons. The second-order valence-electron chi connectivity index (χ2n) is 3.83. The molecule has 1 N–H and O–H groups in total. The zero-order valence-corrected chi connectivity index (χ0v) is 9.46. The van der Waals surface area contributed by atoms with Gasteiger partial charge in [-0.05, 0) is 36.2 Å². The summed E-state index contributed by atoms with van der Waals surface area (Å²) in [6.07, 6.45) is 2.85. The number of aromatic nitrogens is 1. The minimum atomic E-state index is -0.538. The molecule has 84 valence electrons. The van der Waals surface area contributed by atoms with Crippen molar-refractivity contribution in [1.29, 1.82) is 5.26 Å². The summed E-state index contributed by atoms with van der Waals surface area (Å²) in [5, 5.41) is 18.4. The Labute approximate surface area is 100.0 Å². The first-order valence-corrected chi connectivity index (χ1v) is 5.35. The fraction of sp³-hybridized carbons (Fsp3) is 0.143. The van der Waals surface area contributed by atoms with Gasteiger partial charge in [-0.3, -0.25) is 4.98 Å². The number of nitrogens with zero attached hydrogens (tertiary/aromatic N) is 2. The molecule has 0 fully saturated rings. The molecule has 17 heavy (non-hydrogen) atoms. The summed E-state index contributed by atoms with van der Waals surface area (Å²) in [5.41, 5.74) is 3.31. The largest absolute Gasteiger partial charge is 0.389 e. The van der Waals surface area contributed by atoms with Crippen molar-refractivity contribution in [2.45, 2.75) is 13.0 Å². The summed E-state index contributed by atoms with van der Waals surface area (Å²) in [6.45, 7) is 1.72. The molecular formula is C14H12N2O.